The SMILES string of the molecule is CCOc1cc(/C=C2/SC(=O)N(CC(=O)Nc3ccc(Cl)cc3)C2=O)ccc1OCc1ccccc1[N+](=O)[O-]. The van der Waals surface area contributed by atoms with Crippen LogP contribution in [0, 0.1) is 10.1 Å². The first-order chi connectivity index (χ1) is 18.7. The van der Waals surface area contributed by atoms with Crippen LogP contribution in [-0.4, -0.2) is 40.0 Å². The minimum absolute atomic E-state index is 0.0481. The number of benzene rings is 3. The van der Waals surface area contributed by atoms with Gasteiger partial charge in [-0.1, -0.05) is 29.8 Å². The zero-order valence-electron chi connectivity index (χ0n) is 20.6. The second-order valence-electron chi connectivity index (χ2n) is 8.14. The van der Waals surface area contributed by atoms with Crippen LogP contribution in [-0.2, 0) is 16.2 Å². The first-order valence-electron chi connectivity index (χ1n) is 11.7. The predicted molar refractivity (Wildman–Crippen MR) is 148 cm³/mol. The lowest BCUT2D eigenvalue weighted by Crippen LogP contribution is -2.36. The van der Waals surface area contributed by atoms with Gasteiger partial charge in [0.25, 0.3) is 16.8 Å². The summed E-state index contributed by atoms with van der Waals surface area (Å²) in [5.74, 6) is -0.392. The molecular formula is C27H22ClN3O7S. The molecule has 39 heavy (non-hydrogen) atoms. The highest BCUT2D eigenvalue weighted by atomic mass is 35.5. The Hall–Kier alpha value is -4.35. The maximum Gasteiger partial charge on any atom is 0.294 e. The molecule has 0 radical (unpaired) electrons. The van der Waals surface area contributed by atoms with Crippen molar-refractivity contribution >= 4 is 57.9 Å². The third-order valence-electron chi connectivity index (χ3n) is 5.44. The number of thioether (sulfide) groups is 1. The third kappa shape index (κ3) is 6.95. The molecular weight excluding hydrogens is 546 g/mol. The van der Waals surface area contributed by atoms with E-state index in [1.165, 1.54) is 12.1 Å². The van der Waals surface area contributed by atoms with Crippen LogP contribution in [0.5, 0.6) is 11.5 Å². The number of nitrogens with one attached hydrogen (secondary N) is 1. The number of carbonyl (C=O) groups is 3. The highest BCUT2D eigenvalue weighted by Gasteiger charge is 2.36. The van der Waals surface area contributed by atoms with Crippen LogP contribution in [0.3, 0.4) is 0 Å². The summed E-state index contributed by atoms with van der Waals surface area (Å²) in [6.07, 6.45) is 1.52. The summed E-state index contributed by atoms with van der Waals surface area (Å²) in [7, 11) is 0. The maximum absolute atomic E-state index is 12.9. The fraction of sp³-hybridized carbons (Fsp3) is 0.148. The van der Waals surface area contributed by atoms with Gasteiger partial charge in [-0.25, -0.2) is 0 Å². The van der Waals surface area contributed by atoms with E-state index in [1.54, 1.807) is 67.6 Å². The molecule has 1 N–H and O–H groups in total. The van der Waals surface area contributed by atoms with Crippen LogP contribution in [0.25, 0.3) is 6.08 Å². The molecule has 0 aliphatic carbocycles. The molecule has 200 valence electrons. The highest BCUT2D eigenvalue weighted by Crippen LogP contribution is 2.35. The summed E-state index contributed by atoms with van der Waals surface area (Å²) in [6.45, 7) is 1.63. The van der Waals surface area contributed by atoms with Crippen molar-refractivity contribution in [1.82, 2.24) is 4.90 Å². The number of nitro benzene ring substituents is 1. The van der Waals surface area contributed by atoms with Crippen molar-refractivity contribution in [2.45, 2.75) is 13.5 Å². The number of imide groups is 1. The lowest BCUT2D eigenvalue weighted by atomic mass is 10.1. The monoisotopic (exact) mass is 567 g/mol. The van der Waals surface area contributed by atoms with Crippen LogP contribution in [0.1, 0.15) is 18.1 Å². The van der Waals surface area contributed by atoms with Crippen LogP contribution in [0.4, 0.5) is 16.2 Å². The topological polar surface area (TPSA) is 128 Å². The van der Waals surface area contributed by atoms with Crippen molar-refractivity contribution in [2.75, 3.05) is 18.5 Å². The quantitative estimate of drug-likeness (QED) is 0.182. The molecule has 0 unspecified atom stereocenters. The molecule has 0 atom stereocenters. The second kappa shape index (κ2) is 12.5. The molecule has 3 aromatic rings. The highest BCUT2D eigenvalue weighted by molar-refractivity contribution is 8.18. The smallest absolute Gasteiger partial charge is 0.294 e. The minimum atomic E-state index is -0.592. The molecule has 10 nitrogen and oxygen atoms in total. The minimum Gasteiger partial charge on any atom is -0.490 e. The second-order valence-corrected chi connectivity index (χ2v) is 9.57. The van der Waals surface area contributed by atoms with Gasteiger partial charge in [0.1, 0.15) is 13.2 Å². The molecule has 0 saturated carbocycles. The Morgan fingerprint density at radius 2 is 1.82 bits per heavy atom. The number of para-hydroxylation sites is 1. The van der Waals surface area contributed by atoms with Gasteiger partial charge in [0, 0.05) is 16.8 Å². The molecule has 1 aliphatic rings. The summed E-state index contributed by atoms with van der Waals surface area (Å²) in [5.41, 5.74) is 1.40. The normalized spacial score (nSPS) is 14.0. The van der Waals surface area contributed by atoms with Gasteiger partial charge in [0.15, 0.2) is 11.5 Å². The van der Waals surface area contributed by atoms with E-state index in [4.69, 9.17) is 21.1 Å². The van der Waals surface area contributed by atoms with Crippen molar-refractivity contribution in [2.24, 2.45) is 0 Å². The molecule has 3 aromatic carbocycles. The van der Waals surface area contributed by atoms with Gasteiger partial charge in [-0.15, -0.1) is 0 Å². The van der Waals surface area contributed by atoms with E-state index in [0.29, 0.717) is 39.9 Å². The van der Waals surface area contributed by atoms with E-state index >= 15 is 0 Å². The van der Waals surface area contributed by atoms with E-state index in [-0.39, 0.29) is 17.2 Å². The van der Waals surface area contributed by atoms with Crippen molar-refractivity contribution < 1.29 is 28.8 Å². The summed E-state index contributed by atoms with van der Waals surface area (Å²) < 4.78 is 11.5. The Kier molecular flexibility index (Phi) is 8.84. The Morgan fingerprint density at radius 1 is 1.08 bits per heavy atom. The van der Waals surface area contributed by atoms with Crippen molar-refractivity contribution in [3.63, 3.8) is 0 Å². The molecule has 0 spiro atoms. The number of halogens is 1. The third-order valence-corrected chi connectivity index (χ3v) is 6.60. The maximum atomic E-state index is 12.9. The van der Waals surface area contributed by atoms with E-state index in [0.717, 1.165) is 16.7 Å². The van der Waals surface area contributed by atoms with Crippen LogP contribution >= 0.6 is 23.4 Å². The first-order valence-corrected chi connectivity index (χ1v) is 12.9. The zero-order chi connectivity index (χ0) is 27.9. The molecule has 1 saturated heterocycles. The number of anilines is 1. The molecule has 1 aliphatic heterocycles. The van der Waals surface area contributed by atoms with Crippen LogP contribution in [0.2, 0.25) is 5.02 Å². The van der Waals surface area contributed by atoms with Crippen LogP contribution in [0.15, 0.2) is 71.6 Å². The standard InChI is InChI=1S/C27H22ClN3O7S/c1-2-37-23-13-17(7-12-22(23)38-16-18-5-3-4-6-21(18)31(35)36)14-24-26(33)30(27(34)39-24)15-25(32)29-20-10-8-19(28)9-11-20/h3-14H,2,15-16H2,1H3,(H,29,32)/b24-14+. The summed E-state index contributed by atoms with van der Waals surface area (Å²) >= 11 is 6.57. The van der Waals surface area contributed by atoms with Gasteiger partial charge in [0.2, 0.25) is 5.91 Å². The summed E-state index contributed by atoms with van der Waals surface area (Å²) in [6, 6.07) is 17.6. The van der Waals surface area contributed by atoms with E-state index in [1.807, 2.05) is 0 Å². The average Bonchev–Trinajstić information content (AvgIpc) is 3.17. The van der Waals surface area contributed by atoms with Crippen molar-refractivity contribution in [3.05, 3.63) is 97.9 Å². The molecule has 12 heteroatoms. The van der Waals surface area contributed by atoms with E-state index in [2.05, 4.69) is 5.32 Å². The number of nitro groups is 1. The van der Waals surface area contributed by atoms with Gasteiger partial charge in [-0.05, 0) is 72.8 Å². The van der Waals surface area contributed by atoms with E-state index in [9.17, 15) is 24.5 Å². The van der Waals surface area contributed by atoms with Crippen molar-refractivity contribution in [3.8, 4) is 11.5 Å². The van der Waals surface area contributed by atoms with Gasteiger partial charge in [-0.2, -0.15) is 0 Å². The number of hydrogen-bond donors (Lipinski definition) is 1. The largest absolute Gasteiger partial charge is 0.490 e. The van der Waals surface area contributed by atoms with Gasteiger partial charge >= 0.3 is 0 Å². The van der Waals surface area contributed by atoms with Gasteiger partial charge < -0.3 is 14.8 Å². The lowest BCUT2D eigenvalue weighted by Gasteiger charge is -2.13. The van der Waals surface area contributed by atoms with Gasteiger partial charge in [-0.3, -0.25) is 29.4 Å². The molecule has 1 fully saturated rings. The number of carbonyl (C=O) groups excluding carboxylic acids is 3. The summed E-state index contributed by atoms with van der Waals surface area (Å²) in [4.78, 5) is 49.6. The molecule has 1 heterocycles. The average molecular weight is 568 g/mol. The Balaban J connectivity index is 1.46. The number of amides is 3. The number of hydrogen-bond acceptors (Lipinski definition) is 8. The zero-order valence-corrected chi connectivity index (χ0v) is 22.2. The molecule has 4 rings (SSSR count). The summed E-state index contributed by atoms with van der Waals surface area (Å²) in [5, 5.41) is 13.8. The van der Waals surface area contributed by atoms with Crippen molar-refractivity contribution in [1.29, 1.82) is 0 Å². The molecule has 0 bridgehead atoms. The fourth-order valence-electron chi connectivity index (χ4n) is 3.63. The Bertz CT molecular complexity index is 1460. The Labute approximate surface area is 232 Å². The van der Waals surface area contributed by atoms with Crippen LogP contribution < -0.4 is 14.8 Å². The number of nitrogens with zero attached hydrogens (tertiary/aromatic N) is 2. The Morgan fingerprint density at radius 3 is 2.54 bits per heavy atom. The lowest BCUT2D eigenvalue weighted by molar-refractivity contribution is -0.385. The predicted octanol–water partition coefficient (Wildman–Crippen LogP) is 5.90. The molecule has 3 amide bonds. The van der Waals surface area contributed by atoms with Gasteiger partial charge in [0.05, 0.1) is 22.0 Å². The van der Waals surface area contributed by atoms with E-state index < -0.39 is 28.5 Å². The first kappa shape index (κ1) is 27.7. The number of rotatable bonds is 10. The fourth-order valence-corrected chi connectivity index (χ4v) is 4.60. The molecule has 0 aromatic heterocycles. The number of ether oxygens (including phenoxy) is 2.